The highest BCUT2D eigenvalue weighted by Crippen LogP contribution is 2.39. The number of aryl methyl sites for hydroxylation is 1. The molecule has 0 atom stereocenters. The van der Waals surface area contributed by atoms with Crippen molar-refractivity contribution < 1.29 is 8.78 Å². The second-order valence-corrected chi connectivity index (χ2v) is 8.01. The molecule has 0 aromatic heterocycles. The van der Waals surface area contributed by atoms with Crippen molar-refractivity contribution in [3.8, 4) is 0 Å². The molecule has 0 unspecified atom stereocenters. The third-order valence-electron chi connectivity index (χ3n) is 5.86. The van der Waals surface area contributed by atoms with Crippen molar-refractivity contribution in [1.29, 1.82) is 0 Å². The summed E-state index contributed by atoms with van der Waals surface area (Å²) in [6, 6.07) is 3.57. The third kappa shape index (κ3) is 6.37. The molecule has 0 heterocycles. The zero-order valence-electron chi connectivity index (χ0n) is 16.1. The van der Waals surface area contributed by atoms with Crippen molar-refractivity contribution in [2.24, 2.45) is 5.92 Å². The second-order valence-electron chi connectivity index (χ2n) is 7.76. The van der Waals surface area contributed by atoms with E-state index in [1.54, 1.807) is 12.1 Å². The Bertz CT molecular complexity index is 560. The van der Waals surface area contributed by atoms with Crippen LogP contribution in [0.5, 0.6) is 0 Å². The van der Waals surface area contributed by atoms with E-state index in [0.717, 1.165) is 31.6 Å². The fourth-order valence-corrected chi connectivity index (χ4v) is 4.34. The molecular weight excluding hydrogens is 350 g/mol. The van der Waals surface area contributed by atoms with Crippen LogP contribution in [-0.2, 0) is 6.42 Å². The first kappa shape index (κ1) is 21.4. The Morgan fingerprint density at radius 1 is 1.00 bits per heavy atom. The SMILES string of the molecule is CCCCCCCC1CCC(c2ccc(CC/C=C/Cl)c(F)c2F)CC1. The summed E-state index contributed by atoms with van der Waals surface area (Å²) >= 11 is 5.48. The highest BCUT2D eigenvalue weighted by atomic mass is 35.5. The molecule has 1 aromatic carbocycles. The molecule has 0 spiro atoms. The maximum Gasteiger partial charge on any atom is 0.162 e. The maximum atomic E-state index is 14.6. The van der Waals surface area contributed by atoms with Gasteiger partial charge in [-0.1, -0.05) is 75.3 Å². The first-order valence-electron chi connectivity index (χ1n) is 10.4. The van der Waals surface area contributed by atoms with Gasteiger partial charge in [-0.3, -0.25) is 0 Å². The van der Waals surface area contributed by atoms with Crippen molar-refractivity contribution in [3.63, 3.8) is 0 Å². The fraction of sp³-hybridized carbons (Fsp3) is 0.652. The van der Waals surface area contributed by atoms with Crippen molar-refractivity contribution in [3.05, 3.63) is 46.5 Å². The summed E-state index contributed by atoms with van der Waals surface area (Å²) in [5.74, 6) is -0.330. The third-order valence-corrected chi connectivity index (χ3v) is 6.04. The summed E-state index contributed by atoms with van der Waals surface area (Å²) in [6.07, 6.45) is 15.1. The van der Waals surface area contributed by atoms with E-state index in [9.17, 15) is 8.78 Å². The Hall–Kier alpha value is -0.890. The predicted molar refractivity (Wildman–Crippen MR) is 108 cm³/mol. The van der Waals surface area contributed by atoms with E-state index in [-0.39, 0.29) is 5.92 Å². The Labute approximate surface area is 163 Å². The van der Waals surface area contributed by atoms with Crippen LogP contribution in [0.25, 0.3) is 0 Å². The molecule has 0 saturated heterocycles. The molecular formula is C23H33ClF2. The average molecular weight is 383 g/mol. The van der Waals surface area contributed by atoms with Crippen LogP contribution in [0.3, 0.4) is 0 Å². The van der Waals surface area contributed by atoms with Gasteiger partial charge in [0.1, 0.15) is 0 Å². The van der Waals surface area contributed by atoms with Crippen LogP contribution >= 0.6 is 11.6 Å². The molecule has 1 aliphatic carbocycles. The van der Waals surface area contributed by atoms with Crippen LogP contribution < -0.4 is 0 Å². The number of halogens is 3. The minimum absolute atomic E-state index is 0.178. The molecule has 1 saturated carbocycles. The lowest BCUT2D eigenvalue weighted by molar-refractivity contribution is 0.297. The smallest absolute Gasteiger partial charge is 0.162 e. The summed E-state index contributed by atoms with van der Waals surface area (Å²) in [4.78, 5) is 0. The number of unbranched alkanes of at least 4 members (excludes halogenated alkanes) is 4. The van der Waals surface area contributed by atoms with Gasteiger partial charge in [0.05, 0.1) is 0 Å². The highest BCUT2D eigenvalue weighted by Gasteiger charge is 2.26. The molecule has 0 radical (unpaired) electrons. The summed E-state index contributed by atoms with van der Waals surface area (Å²) in [6.45, 7) is 2.24. The van der Waals surface area contributed by atoms with Crippen molar-refractivity contribution >= 4 is 11.6 Å². The molecule has 26 heavy (non-hydrogen) atoms. The van der Waals surface area contributed by atoms with E-state index >= 15 is 0 Å². The number of allylic oxidation sites excluding steroid dienone is 1. The largest absolute Gasteiger partial charge is 0.203 e. The summed E-state index contributed by atoms with van der Waals surface area (Å²) in [7, 11) is 0. The second kappa shape index (κ2) is 11.7. The molecule has 0 nitrogen and oxygen atoms in total. The highest BCUT2D eigenvalue weighted by molar-refractivity contribution is 6.25. The van der Waals surface area contributed by atoms with Gasteiger partial charge in [-0.25, -0.2) is 8.78 Å². The minimum atomic E-state index is -0.663. The summed E-state index contributed by atoms with van der Waals surface area (Å²) in [5, 5.41) is 0. The maximum absolute atomic E-state index is 14.6. The average Bonchev–Trinajstić information content (AvgIpc) is 2.66. The Balaban J connectivity index is 1.84. The Kier molecular flexibility index (Phi) is 9.67. The molecule has 2 rings (SSSR count). The summed E-state index contributed by atoms with van der Waals surface area (Å²) in [5.41, 5.74) is 2.45. The first-order valence-corrected chi connectivity index (χ1v) is 10.8. The molecule has 0 bridgehead atoms. The molecule has 1 fully saturated rings. The zero-order valence-corrected chi connectivity index (χ0v) is 16.8. The van der Waals surface area contributed by atoms with Gasteiger partial charge in [0.25, 0.3) is 0 Å². The van der Waals surface area contributed by atoms with Gasteiger partial charge >= 0.3 is 0 Å². The Morgan fingerprint density at radius 2 is 1.73 bits per heavy atom. The van der Waals surface area contributed by atoms with Crippen molar-refractivity contribution in [1.82, 2.24) is 0 Å². The lowest BCUT2D eigenvalue weighted by Gasteiger charge is -2.29. The van der Waals surface area contributed by atoms with E-state index < -0.39 is 11.6 Å². The number of hydrogen-bond acceptors (Lipinski definition) is 0. The lowest BCUT2D eigenvalue weighted by Crippen LogP contribution is -2.15. The van der Waals surface area contributed by atoms with Crippen LogP contribution in [0.2, 0.25) is 0 Å². The van der Waals surface area contributed by atoms with Crippen molar-refractivity contribution in [2.75, 3.05) is 0 Å². The molecule has 0 N–H and O–H groups in total. The van der Waals surface area contributed by atoms with Gasteiger partial charge in [-0.15, -0.1) is 0 Å². The van der Waals surface area contributed by atoms with Gasteiger partial charge in [0.15, 0.2) is 11.6 Å². The lowest BCUT2D eigenvalue weighted by atomic mass is 9.76. The Morgan fingerprint density at radius 3 is 2.42 bits per heavy atom. The van der Waals surface area contributed by atoms with Crippen LogP contribution in [0.15, 0.2) is 23.7 Å². The monoisotopic (exact) mass is 382 g/mol. The fourth-order valence-electron chi connectivity index (χ4n) is 4.21. The quantitative estimate of drug-likeness (QED) is 0.357. The molecule has 3 heteroatoms. The number of benzene rings is 1. The van der Waals surface area contributed by atoms with Crippen LogP contribution in [-0.4, -0.2) is 0 Å². The van der Waals surface area contributed by atoms with Crippen molar-refractivity contribution in [2.45, 2.75) is 89.9 Å². The van der Waals surface area contributed by atoms with Gasteiger partial charge in [0.2, 0.25) is 0 Å². The molecule has 1 aliphatic rings. The minimum Gasteiger partial charge on any atom is -0.203 e. The van der Waals surface area contributed by atoms with Crippen LogP contribution in [0, 0.1) is 17.6 Å². The van der Waals surface area contributed by atoms with Gasteiger partial charge in [-0.05, 0) is 61.5 Å². The molecule has 146 valence electrons. The summed E-state index contributed by atoms with van der Waals surface area (Å²) < 4.78 is 28.9. The molecule has 1 aromatic rings. The zero-order chi connectivity index (χ0) is 18.8. The van der Waals surface area contributed by atoms with Gasteiger partial charge in [-0.2, -0.15) is 0 Å². The van der Waals surface area contributed by atoms with E-state index in [1.165, 1.54) is 44.1 Å². The predicted octanol–water partition coefficient (Wildman–Crippen LogP) is 8.28. The van der Waals surface area contributed by atoms with Crippen LogP contribution in [0.1, 0.15) is 94.6 Å². The topological polar surface area (TPSA) is 0 Å². The van der Waals surface area contributed by atoms with Gasteiger partial charge < -0.3 is 0 Å². The normalized spacial score (nSPS) is 20.8. The molecule has 0 amide bonds. The number of rotatable bonds is 10. The van der Waals surface area contributed by atoms with Crippen LogP contribution in [0.4, 0.5) is 8.78 Å². The van der Waals surface area contributed by atoms with E-state index in [2.05, 4.69) is 6.92 Å². The standard InChI is InChI=1S/C23H33ClF2/c1-2-3-4-5-6-9-18-11-13-19(14-12-18)21-16-15-20(10-7-8-17-24)22(25)23(21)26/h8,15-19H,2-7,9-14H2,1H3/b17-8+. The van der Waals surface area contributed by atoms with E-state index in [1.807, 2.05) is 6.07 Å². The first-order chi connectivity index (χ1) is 12.7. The molecule has 0 aliphatic heterocycles. The van der Waals surface area contributed by atoms with E-state index in [0.29, 0.717) is 24.0 Å². The van der Waals surface area contributed by atoms with Gasteiger partial charge in [0, 0.05) is 5.54 Å². The number of hydrogen-bond donors (Lipinski definition) is 0. The van der Waals surface area contributed by atoms with E-state index in [4.69, 9.17) is 11.6 Å².